The van der Waals surface area contributed by atoms with Gasteiger partial charge in [0.2, 0.25) is 0 Å². The largest absolute Gasteiger partial charge is 0.530 e. The number of alkyl halides is 1. The lowest BCUT2D eigenvalue weighted by Crippen LogP contribution is -2.04. The maximum absolute atomic E-state index is 12.2. The van der Waals surface area contributed by atoms with Gasteiger partial charge in [0.25, 0.3) is 0 Å². The highest BCUT2D eigenvalue weighted by atomic mass is 79.9. The van der Waals surface area contributed by atoms with Gasteiger partial charge in [0.15, 0.2) is 5.78 Å². The summed E-state index contributed by atoms with van der Waals surface area (Å²) >= 11 is 3.09. The molecule has 1 rings (SSSR count). The normalized spacial score (nSPS) is 11.3. The van der Waals surface area contributed by atoms with Crippen molar-refractivity contribution in [2.24, 2.45) is 0 Å². The Labute approximate surface area is 121 Å². The lowest BCUT2D eigenvalue weighted by molar-refractivity contribution is 0.102. The Kier molecular flexibility index (Phi) is 6.72. The number of phosphoric ester groups is 1. The second-order valence-electron chi connectivity index (χ2n) is 3.46. The lowest BCUT2D eigenvalue weighted by atomic mass is 10.1. The molecule has 0 N–H and O–H groups in total. The maximum Gasteiger partial charge on any atom is 0.530 e. The maximum atomic E-state index is 12.2. The molecule has 0 bridgehead atoms. The van der Waals surface area contributed by atoms with Crippen LogP contribution in [-0.4, -0.2) is 24.3 Å². The highest BCUT2D eigenvalue weighted by molar-refractivity contribution is 9.09. The molecule has 0 aromatic heterocycles. The molecule has 7 heteroatoms. The molecule has 19 heavy (non-hydrogen) atoms. The van der Waals surface area contributed by atoms with Crippen LogP contribution in [-0.2, 0) is 13.6 Å². The Hall–Kier alpha value is -0.680. The van der Waals surface area contributed by atoms with Crippen LogP contribution in [0.4, 0.5) is 0 Å². The van der Waals surface area contributed by atoms with Crippen LogP contribution in [0.25, 0.3) is 0 Å². The fourth-order valence-electron chi connectivity index (χ4n) is 1.34. The molecule has 0 aliphatic heterocycles. The van der Waals surface area contributed by atoms with Crippen LogP contribution >= 0.6 is 23.8 Å². The van der Waals surface area contributed by atoms with Crippen molar-refractivity contribution in [2.75, 3.05) is 18.5 Å². The van der Waals surface area contributed by atoms with Crippen LogP contribution < -0.4 is 4.52 Å². The Morgan fingerprint density at radius 1 is 1.26 bits per heavy atom. The molecule has 1 aromatic carbocycles. The summed E-state index contributed by atoms with van der Waals surface area (Å²) in [6.45, 7) is 3.80. The average Bonchev–Trinajstić information content (AvgIpc) is 2.38. The Morgan fingerprint density at radius 2 is 1.89 bits per heavy atom. The van der Waals surface area contributed by atoms with Crippen LogP contribution in [0.1, 0.15) is 24.2 Å². The van der Waals surface area contributed by atoms with Crippen molar-refractivity contribution in [3.8, 4) is 5.75 Å². The van der Waals surface area contributed by atoms with Crippen molar-refractivity contribution < 1.29 is 22.9 Å². The van der Waals surface area contributed by atoms with Gasteiger partial charge in [-0.05, 0) is 26.0 Å². The minimum absolute atomic E-state index is 0.0897. The number of hydrogen-bond acceptors (Lipinski definition) is 5. The predicted octanol–water partition coefficient (Wildman–Crippen LogP) is 3.82. The first-order valence-corrected chi connectivity index (χ1v) is 8.40. The minimum atomic E-state index is -3.62. The highest BCUT2D eigenvalue weighted by Crippen LogP contribution is 2.49. The molecule has 0 heterocycles. The van der Waals surface area contributed by atoms with E-state index in [0.717, 1.165) is 0 Å². The van der Waals surface area contributed by atoms with E-state index in [0.29, 0.717) is 5.56 Å². The number of carbonyl (C=O) groups excluding carboxylic acids is 1. The van der Waals surface area contributed by atoms with Crippen molar-refractivity contribution >= 4 is 29.5 Å². The van der Waals surface area contributed by atoms with Crippen molar-refractivity contribution in [1.29, 1.82) is 0 Å². The number of halogens is 1. The van der Waals surface area contributed by atoms with E-state index >= 15 is 0 Å². The van der Waals surface area contributed by atoms with E-state index in [-0.39, 0.29) is 30.1 Å². The molecule has 0 spiro atoms. The molecular formula is C12H16BrO5P. The molecule has 0 fully saturated rings. The monoisotopic (exact) mass is 350 g/mol. The molecule has 0 aliphatic carbocycles. The van der Waals surface area contributed by atoms with Gasteiger partial charge in [0.1, 0.15) is 5.75 Å². The predicted molar refractivity (Wildman–Crippen MR) is 76.1 cm³/mol. The third-order valence-corrected chi connectivity index (χ3v) is 4.16. The van der Waals surface area contributed by atoms with Gasteiger partial charge in [0, 0.05) is 5.56 Å². The summed E-state index contributed by atoms with van der Waals surface area (Å²) in [5.41, 5.74) is 0.467. The first kappa shape index (κ1) is 16.4. The quantitative estimate of drug-likeness (QED) is 0.405. The number of hydrogen-bond donors (Lipinski definition) is 0. The third-order valence-electron chi connectivity index (χ3n) is 2.07. The van der Waals surface area contributed by atoms with Gasteiger partial charge in [-0.1, -0.05) is 28.1 Å². The second-order valence-corrected chi connectivity index (χ2v) is 5.61. The van der Waals surface area contributed by atoms with Crippen molar-refractivity contribution in [3.05, 3.63) is 29.8 Å². The molecule has 0 unspecified atom stereocenters. The molecular weight excluding hydrogens is 335 g/mol. The summed E-state index contributed by atoms with van der Waals surface area (Å²) in [5, 5.41) is 0.213. The molecule has 0 saturated heterocycles. The van der Waals surface area contributed by atoms with Crippen molar-refractivity contribution in [1.82, 2.24) is 0 Å². The fourth-order valence-corrected chi connectivity index (χ4v) is 2.85. The minimum Gasteiger partial charge on any atom is -0.404 e. The molecule has 0 aliphatic rings. The smallest absolute Gasteiger partial charge is 0.404 e. The summed E-state index contributed by atoms with van der Waals surface area (Å²) in [4.78, 5) is 11.5. The van der Waals surface area contributed by atoms with Gasteiger partial charge in [-0.2, -0.15) is 0 Å². The first-order valence-electron chi connectivity index (χ1n) is 5.82. The number of carbonyl (C=O) groups is 1. The molecule has 0 atom stereocenters. The van der Waals surface area contributed by atoms with Gasteiger partial charge in [-0.3, -0.25) is 13.8 Å². The number of ketones is 1. The zero-order valence-corrected chi connectivity index (χ0v) is 13.3. The number of phosphoric acid groups is 1. The van der Waals surface area contributed by atoms with Gasteiger partial charge >= 0.3 is 7.82 Å². The first-order chi connectivity index (χ1) is 9.04. The SMILES string of the molecule is CCOP(=O)(OCC)Oc1cccc(C(=O)CBr)c1. The molecule has 0 radical (unpaired) electrons. The van der Waals surface area contributed by atoms with E-state index < -0.39 is 7.82 Å². The fraction of sp³-hybridized carbons (Fsp3) is 0.417. The van der Waals surface area contributed by atoms with E-state index in [9.17, 15) is 9.36 Å². The van der Waals surface area contributed by atoms with E-state index in [1.165, 1.54) is 6.07 Å². The zero-order chi connectivity index (χ0) is 14.3. The standard InChI is InChI=1S/C12H16BrO5P/c1-3-16-19(15,17-4-2)18-11-7-5-6-10(8-11)12(14)9-13/h5-8H,3-4,9H2,1-2H3. The van der Waals surface area contributed by atoms with E-state index in [1.54, 1.807) is 32.0 Å². The summed E-state index contributed by atoms with van der Waals surface area (Å²) in [6, 6.07) is 6.40. The summed E-state index contributed by atoms with van der Waals surface area (Å²) in [7, 11) is -3.62. The summed E-state index contributed by atoms with van der Waals surface area (Å²) in [5.74, 6) is 0.185. The number of rotatable bonds is 8. The average molecular weight is 351 g/mol. The van der Waals surface area contributed by atoms with Crippen molar-refractivity contribution in [3.63, 3.8) is 0 Å². The van der Waals surface area contributed by atoms with Crippen molar-refractivity contribution in [2.45, 2.75) is 13.8 Å². The van der Waals surface area contributed by atoms with Crippen LogP contribution in [0.5, 0.6) is 5.75 Å². The molecule has 106 valence electrons. The summed E-state index contributed by atoms with van der Waals surface area (Å²) < 4.78 is 27.5. The van der Waals surface area contributed by atoms with Gasteiger partial charge < -0.3 is 4.52 Å². The second kappa shape index (κ2) is 7.80. The molecule has 0 amide bonds. The third kappa shape index (κ3) is 5.07. The Balaban J connectivity index is 2.91. The Bertz CT molecular complexity index is 467. The number of Topliss-reactive ketones (excluding diaryl/α,β-unsaturated/α-hetero) is 1. The highest BCUT2D eigenvalue weighted by Gasteiger charge is 2.27. The van der Waals surface area contributed by atoms with Crippen LogP contribution in [0.2, 0.25) is 0 Å². The van der Waals surface area contributed by atoms with Crippen LogP contribution in [0.3, 0.4) is 0 Å². The van der Waals surface area contributed by atoms with E-state index in [1.807, 2.05) is 0 Å². The molecule has 5 nitrogen and oxygen atoms in total. The van der Waals surface area contributed by atoms with Gasteiger partial charge in [-0.25, -0.2) is 4.57 Å². The number of benzene rings is 1. The zero-order valence-electron chi connectivity index (χ0n) is 10.8. The van der Waals surface area contributed by atoms with Crippen LogP contribution in [0.15, 0.2) is 24.3 Å². The van der Waals surface area contributed by atoms with Crippen LogP contribution in [0, 0.1) is 0 Å². The van der Waals surface area contributed by atoms with Gasteiger partial charge in [0.05, 0.1) is 18.5 Å². The Morgan fingerprint density at radius 3 is 2.42 bits per heavy atom. The topological polar surface area (TPSA) is 61.8 Å². The molecule has 0 saturated carbocycles. The van der Waals surface area contributed by atoms with E-state index in [4.69, 9.17) is 13.6 Å². The molecule has 1 aromatic rings. The lowest BCUT2D eigenvalue weighted by Gasteiger charge is -2.17. The van der Waals surface area contributed by atoms with Gasteiger partial charge in [-0.15, -0.1) is 0 Å². The van der Waals surface area contributed by atoms with E-state index in [2.05, 4.69) is 15.9 Å². The summed E-state index contributed by atoms with van der Waals surface area (Å²) in [6.07, 6.45) is 0.